The molecule has 0 aliphatic carbocycles. The summed E-state index contributed by atoms with van der Waals surface area (Å²) in [6, 6.07) is 16.0. The Hall–Kier alpha value is -1.85. The quantitative estimate of drug-likeness (QED) is 0.671. The number of hydrogen-bond donors (Lipinski definition) is 1. The molecule has 1 amide bonds. The number of amides is 1. The Morgan fingerprint density at radius 3 is 2.28 bits per heavy atom. The van der Waals surface area contributed by atoms with E-state index in [0.717, 1.165) is 39.9 Å². The first-order valence-electron chi connectivity index (χ1n) is 8.41. The van der Waals surface area contributed by atoms with E-state index in [9.17, 15) is 4.79 Å². The van der Waals surface area contributed by atoms with Crippen LogP contribution in [0.25, 0.3) is 0 Å². The van der Waals surface area contributed by atoms with Gasteiger partial charge in [-0.3, -0.25) is 4.79 Å². The number of rotatable bonds is 8. The van der Waals surface area contributed by atoms with E-state index in [-0.39, 0.29) is 5.91 Å². The first kappa shape index (κ1) is 19.5. The van der Waals surface area contributed by atoms with Crippen LogP contribution in [0.4, 0.5) is 5.69 Å². The summed E-state index contributed by atoms with van der Waals surface area (Å²) >= 11 is 3.47. The maximum atomic E-state index is 11.0. The van der Waals surface area contributed by atoms with Gasteiger partial charge in [0.15, 0.2) is 0 Å². The number of carbonyl (C=O) groups excluding carboxylic acids is 1. The molecular weight excluding hydrogens is 380 g/mol. The smallest absolute Gasteiger partial charge is 0.221 e. The van der Waals surface area contributed by atoms with Crippen molar-refractivity contribution in [2.75, 3.05) is 39.1 Å². The minimum absolute atomic E-state index is 0.0708. The van der Waals surface area contributed by atoms with Crippen molar-refractivity contribution in [1.29, 1.82) is 0 Å². The zero-order valence-corrected chi connectivity index (χ0v) is 16.7. The normalized spacial score (nSPS) is 11.2. The minimum Gasteiger partial charge on any atom is -0.488 e. The summed E-state index contributed by atoms with van der Waals surface area (Å²) in [5, 5.41) is 2.75. The van der Waals surface area contributed by atoms with Crippen LogP contribution in [0.5, 0.6) is 5.75 Å². The van der Waals surface area contributed by atoms with Crippen LogP contribution in [0.15, 0.2) is 53.0 Å². The minimum atomic E-state index is -0.0708. The van der Waals surface area contributed by atoms with Gasteiger partial charge in [-0.15, -0.1) is 0 Å². The number of nitrogens with one attached hydrogen (secondary N) is 1. The number of benzene rings is 2. The number of nitrogens with zero attached hydrogens (tertiary/aromatic N) is 1. The molecule has 0 aliphatic heterocycles. The Bertz CT molecular complexity index is 682. The summed E-state index contributed by atoms with van der Waals surface area (Å²) in [4.78, 5) is 11.0. The number of halogens is 1. The third kappa shape index (κ3) is 7.28. The number of anilines is 1. The van der Waals surface area contributed by atoms with Gasteiger partial charge >= 0.3 is 0 Å². The monoisotopic (exact) mass is 405 g/mol. The third-order valence-electron chi connectivity index (χ3n) is 4.06. The van der Waals surface area contributed by atoms with E-state index in [4.69, 9.17) is 4.74 Å². The van der Waals surface area contributed by atoms with E-state index in [0.29, 0.717) is 6.61 Å². The Morgan fingerprint density at radius 2 is 1.68 bits per heavy atom. The highest BCUT2D eigenvalue weighted by atomic mass is 79.9. The number of ether oxygens (including phenoxy) is 1. The van der Waals surface area contributed by atoms with Crippen molar-refractivity contribution >= 4 is 27.5 Å². The van der Waals surface area contributed by atoms with E-state index < -0.39 is 0 Å². The summed E-state index contributed by atoms with van der Waals surface area (Å²) < 4.78 is 7.85. The van der Waals surface area contributed by atoms with Crippen molar-refractivity contribution in [1.82, 2.24) is 0 Å². The van der Waals surface area contributed by atoms with E-state index in [1.54, 1.807) is 0 Å². The lowest BCUT2D eigenvalue weighted by molar-refractivity contribution is -0.890. The Labute approximate surface area is 158 Å². The van der Waals surface area contributed by atoms with Gasteiger partial charge in [0.2, 0.25) is 5.91 Å². The number of carbonyl (C=O) groups is 1. The summed E-state index contributed by atoms with van der Waals surface area (Å²) in [6.45, 7) is 4.15. The zero-order chi connectivity index (χ0) is 18.3. The second kappa shape index (κ2) is 9.02. The molecule has 4 nitrogen and oxygen atoms in total. The van der Waals surface area contributed by atoms with Gasteiger partial charge in [-0.1, -0.05) is 28.1 Å². The van der Waals surface area contributed by atoms with Crippen LogP contribution in [-0.4, -0.2) is 44.2 Å². The van der Waals surface area contributed by atoms with Crippen LogP contribution in [-0.2, 0) is 11.2 Å². The molecule has 0 fully saturated rings. The molecule has 25 heavy (non-hydrogen) atoms. The molecule has 2 aromatic rings. The molecule has 0 saturated carbocycles. The molecule has 0 bridgehead atoms. The third-order valence-corrected chi connectivity index (χ3v) is 4.59. The van der Waals surface area contributed by atoms with Crippen LogP contribution in [0.1, 0.15) is 12.5 Å². The van der Waals surface area contributed by atoms with Crippen molar-refractivity contribution in [2.45, 2.75) is 13.3 Å². The molecule has 2 rings (SSSR count). The average Bonchev–Trinajstić information content (AvgIpc) is 2.55. The summed E-state index contributed by atoms with van der Waals surface area (Å²) in [6.07, 6.45) is 1.05. The fourth-order valence-corrected chi connectivity index (χ4v) is 2.71. The topological polar surface area (TPSA) is 38.3 Å². The molecule has 5 heteroatoms. The highest BCUT2D eigenvalue weighted by molar-refractivity contribution is 9.10. The molecule has 0 saturated heterocycles. The largest absolute Gasteiger partial charge is 0.488 e. The summed E-state index contributed by atoms with van der Waals surface area (Å²) in [7, 11) is 4.45. The van der Waals surface area contributed by atoms with Crippen molar-refractivity contribution in [3.05, 3.63) is 58.6 Å². The molecule has 0 unspecified atom stereocenters. The molecule has 134 valence electrons. The zero-order valence-electron chi connectivity index (χ0n) is 15.1. The van der Waals surface area contributed by atoms with Crippen LogP contribution < -0.4 is 10.1 Å². The summed E-state index contributed by atoms with van der Waals surface area (Å²) in [5.41, 5.74) is 2.13. The van der Waals surface area contributed by atoms with Crippen LogP contribution >= 0.6 is 15.9 Å². The Balaban J connectivity index is 1.75. The van der Waals surface area contributed by atoms with Crippen molar-refractivity contribution in [2.24, 2.45) is 0 Å². The van der Waals surface area contributed by atoms with Crippen LogP contribution in [0.2, 0.25) is 0 Å². The Morgan fingerprint density at radius 1 is 1.04 bits per heavy atom. The van der Waals surface area contributed by atoms with Gasteiger partial charge in [0, 0.05) is 23.5 Å². The van der Waals surface area contributed by atoms with E-state index in [1.165, 1.54) is 12.5 Å². The van der Waals surface area contributed by atoms with E-state index >= 15 is 0 Å². The average molecular weight is 406 g/mol. The standard InChI is InChI=1S/C20H25BrN2O2/c1-16(24)22-19-8-10-20(11-9-19)25-15-14-23(2,3)13-12-17-4-6-18(21)7-5-17/h4-11H,12-15H2,1-3H3/p+1. The van der Waals surface area contributed by atoms with Crippen molar-refractivity contribution in [3.8, 4) is 5.75 Å². The highest BCUT2D eigenvalue weighted by Crippen LogP contribution is 2.16. The first-order valence-corrected chi connectivity index (χ1v) is 9.20. The number of quaternary nitrogens is 1. The molecule has 0 aromatic heterocycles. The predicted octanol–water partition coefficient (Wildman–Crippen LogP) is 4.11. The maximum Gasteiger partial charge on any atom is 0.221 e. The number of hydrogen-bond acceptors (Lipinski definition) is 2. The number of likely N-dealkylation sites (N-methyl/N-ethyl adjacent to an activating group) is 1. The van der Waals surface area contributed by atoms with Gasteiger partial charge in [0.05, 0.1) is 20.6 Å². The van der Waals surface area contributed by atoms with Gasteiger partial charge < -0.3 is 14.5 Å². The van der Waals surface area contributed by atoms with Gasteiger partial charge in [-0.2, -0.15) is 0 Å². The molecule has 0 heterocycles. The lowest BCUT2D eigenvalue weighted by Crippen LogP contribution is -2.44. The second-order valence-electron chi connectivity index (χ2n) is 6.81. The van der Waals surface area contributed by atoms with Crippen molar-refractivity contribution in [3.63, 3.8) is 0 Å². The van der Waals surface area contributed by atoms with Crippen LogP contribution in [0.3, 0.4) is 0 Å². The van der Waals surface area contributed by atoms with Gasteiger partial charge in [0.25, 0.3) is 0 Å². The maximum absolute atomic E-state index is 11.0. The first-order chi connectivity index (χ1) is 11.8. The van der Waals surface area contributed by atoms with Gasteiger partial charge in [-0.05, 0) is 42.0 Å². The highest BCUT2D eigenvalue weighted by Gasteiger charge is 2.15. The predicted molar refractivity (Wildman–Crippen MR) is 106 cm³/mol. The molecular formula is C20H26BrN2O2+. The van der Waals surface area contributed by atoms with Gasteiger partial charge in [-0.25, -0.2) is 0 Å². The molecule has 0 spiro atoms. The molecule has 2 aromatic carbocycles. The van der Waals surface area contributed by atoms with E-state index in [1.807, 2.05) is 24.3 Å². The summed E-state index contributed by atoms with van der Waals surface area (Å²) in [5.74, 6) is 0.750. The van der Waals surface area contributed by atoms with Gasteiger partial charge in [0.1, 0.15) is 18.9 Å². The van der Waals surface area contributed by atoms with Crippen molar-refractivity contribution < 1.29 is 14.0 Å². The molecule has 0 aliphatic rings. The van der Waals surface area contributed by atoms with E-state index in [2.05, 4.69) is 59.6 Å². The molecule has 0 radical (unpaired) electrons. The fourth-order valence-electron chi connectivity index (χ4n) is 2.44. The SMILES string of the molecule is CC(=O)Nc1ccc(OCC[N+](C)(C)CCc2ccc(Br)cc2)cc1. The fraction of sp³-hybridized carbons (Fsp3) is 0.350. The lowest BCUT2D eigenvalue weighted by atomic mass is 10.1. The molecule has 0 atom stereocenters. The Kier molecular flexibility index (Phi) is 7.02. The second-order valence-corrected chi connectivity index (χ2v) is 7.73. The molecule has 1 N–H and O–H groups in total. The lowest BCUT2D eigenvalue weighted by Gasteiger charge is -2.29. The van der Waals surface area contributed by atoms with Crippen LogP contribution in [0, 0.1) is 0 Å².